The molecule has 4 saturated carbocycles. The Kier molecular flexibility index (Phi) is 2.48. The van der Waals surface area contributed by atoms with Crippen LogP contribution in [0.5, 0.6) is 0 Å². The van der Waals surface area contributed by atoms with Gasteiger partial charge >= 0.3 is 0 Å². The Morgan fingerprint density at radius 1 is 1.10 bits per heavy atom. The Morgan fingerprint density at radius 2 is 1.80 bits per heavy atom. The summed E-state index contributed by atoms with van der Waals surface area (Å²) < 4.78 is 0. The summed E-state index contributed by atoms with van der Waals surface area (Å²) in [6, 6.07) is 0. The molecule has 0 spiro atoms. The average molecular weight is 273 g/mol. The van der Waals surface area contributed by atoms with Crippen molar-refractivity contribution in [1.29, 1.82) is 0 Å². The predicted molar refractivity (Wildman–Crippen MR) is 79.5 cm³/mol. The minimum Gasteiger partial charge on any atom is -0.263 e. The summed E-state index contributed by atoms with van der Waals surface area (Å²) in [5.41, 5.74) is 1.37. The van der Waals surface area contributed by atoms with E-state index >= 15 is 0 Å². The number of nitrogens with zero attached hydrogens (tertiary/aromatic N) is 2. The van der Waals surface area contributed by atoms with Gasteiger partial charge in [0, 0.05) is 11.8 Å². The van der Waals surface area contributed by atoms with Crippen molar-refractivity contribution in [2.45, 2.75) is 77.6 Å². The van der Waals surface area contributed by atoms with Crippen LogP contribution < -0.4 is 0 Å². The second kappa shape index (κ2) is 3.86. The molecule has 0 amide bonds. The monoisotopic (exact) mass is 273 g/mol. The zero-order chi connectivity index (χ0) is 14.0. The van der Waals surface area contributed by atoms with Gasteiger partial charge in [0.1, 0.15) is 5.82 Å². The average Bonchev–Trinajstić information content (AvgIpc) is 2.73. The highest BCUT2D eigenvalue weighted by Crippen LogP contribution is 2.69. The first-order valence-electron chi connectivity index (χ1n) is 8.36. The Bertz CT molecular complexity index is 514. The SMILES string of the molecule is CCCc1nc(C23CC4CC(C)(CC(C)(C4)C2)C3)n[nH]1. The maximum Gasteiger partial charge on any atom is 0.156 e. The van der Waals surface area contributed by atoms with Gasteiger partial charge in [0.2, 0.25) is 0 Å². The molecule has 20 heavy (non-hydrogen) atoms. The van der Waals surface area contributed by atoms with Gasteiger partial charge in [-0.15, -0.1) is 0 Å². The lowest BCUT2D eigenvalue weighted by Crippen LogP contribution is -2.57. The number of hydrogen-bond donors (Lipinski definition) is 1. The molecule has 3 nitrogen and oxygen atoms in total. The van der Waals surface area contributed by atoms with Gasteiger partial charge in [0.05, 0.1) is 0 Å². The van der Waals surface area contributed by atoms with E-state index in [4.69, 9.17) is 4.98 Å². The summed E-state index contributed by atoms with van der Waals surface area (Å²) in [5, 5.41) is 7.85. The number of aryl methyl sites for hydroxylation is 1. The van der Waals surface area contributed by atoms with Crippen LogP contribution in [0.2, 0.25) is 0 Å². The molecule has 0 aliphatic heterocycles. The Labute approximate surface area is 122 Å². The van der Waals surface area contributed by atoms with Gasteiger partial charge in [-0.1, -0.05) is 20.8 Å². The molecule has 4 bridgehead atoms. The molecule has 1 aromatic rings. The van der Waals surface area contributed by atoms with Crippen molar-refractivity contribution in [2.24, 2.45) is 16.7 Å². The molecule has 3 heteroatoms. The summed E-state index contributed by atoms with van der Waals surface area (Å²) in [7, 11) is 0. The number of rotatable bonds is 3. The molecule has 0 radical (unpaired) electrons. The van der Waals surface area contributed by atoms with Crippen molar-refractivity contribution in [1.82, 2.24) is 15.2 Å². The Balaban J connectivity index is 1.72. The van der Waals surface area contributed by atoms with Crippen LogP contribution in [0, 0.1) is 16.7 Å². The molecule has 1 aromatic heterocycles. The Hall–Kier alpha value is -0.860. The highest BCUT2D eigenvalue weighted by atomic mass is 15.2. The molecule has 0 aromatic carbocycles. The first-order chi connectivity index (χ1) is 9.44. The zero-order valence-corrected chi connectivity index (χ0v) is 13.1. The number of H-pyrrole nitrogens is 1. The molecular weight excluding hydrogens is 246 g/mol. The van der Waals surface area contributed by atoms with Crippen LogP contribution in [0.25, 0.3) is 0 Å². The molecule has 1 heterocycles. The summed E-state index contributed by atoms with van der Waals surface area (Å²) in [6.45, 7) is 7.24. The first-order valence-corrected chi connectivity index (χ1v) is 8.36. The fourth-order valence-electron chi connectivity index (χ4n) is 6.58. The molecule has 2 unspecified atom stereocenters. The second-order valence-corrected chi connectivity index (χ2v) is 8.77. The van der Waals surface area contributed by atoms with E-state index in [-0.39, 0.29) is 5.41 Å². The highest BCUT2D eigenvalue weighted by molar-refractivity contribution is 5.21. The molecule has 5 rings (SSSR count). The van der Waals surface area contributed by atoms with E-state index in [0.717, 1.165) is 30.4 Å². The number of aromatic amines is 1. The van der Waals surface area contributed by atoms with Crippen molar-refractivity contribution in [3.63, 3.8) is 0 Å². The number of hydrogen-bond acceptors (Lipinski definition) is 2. The van der Waals surface area contributed by atoms with E-state index in [1.165, 1.54) is 38.5 Å². The van der Waals surface area contributed by atoms with Gasteiger partial charge in [-0.05, 0) is 61.7 Å². The van der Waals surface area contributed by atoms with Crippen LogP contribution in [-0.4, -0.2) is 15.2 Å². The molecule has 0 saturated heterocycles. The van der Waals surface area contributed by atoms with Crippen LogP contribution in [0.15, 0.2) is 0 Å². The largest absolute Gasteiger partial charge is 0.263 e. The Morgan fingerprint density at radius 3 is 2.40 bits per heavy atom. The lowest BCUT2D eigenvalue weighted by atomic mass is 9.40. The molecule has 4 fully saturated rings. The first kappa shape index (κ1) is 12.8. The number of nitrogens with one attached hydrogen (secondary N) is 1. The standard InChI is InChI=1S/C17H27N3/c1-4-5-13-18-14(20-19-13)17-8-12-6-15(2,10-17)9-16(3,7-12)11-17/h12H,4-11H2,1-3H3,(H,18,19,20). The summed E-state index contributed by atoms with van der Waals surface area (Å²) in [5.74, 6) is 3.14. The lowest BCUT2D eigenvalue weighted by molar-refractivity contribution is -0.112. The molecule has 2 atom stereocenters. The third-order valence-corrected chi connectivity index (χ3v) is 6.12. The fourth-order valence-corrected chi connectivity index (χ4v) is 6.58. The van der Waals surface area contributed by atoms with Crippen molar-refractivity contribution < 1.29 is 0 Å². The van der Waals surface area contributed by atoms with Crippen LogP contribution >= 0.6 is 0 Å². The van der Waals surface area contributed by atoms with Crippen LogP contribution in [0.1, 0.15) is 77.4 Å². The molecule has 1 N–H and O–H groups in total. The summed E-state index contributed by atoms with van der Waals surface area (Å²) >= 11 is 0. The van der Waals surface area contributed by atoms with Gasteiger partial charge in [0.25, 0.3) is 0 Å². The predicted octanol–water partition coefficient (Wildman–Crippen LogP) is 4.01. The van der Waals surface area contributed by atoms with E-state index < -0.39 is 0 Å². The molecule has 4 aliphatic rings. The van der Waals surface area contributed by atoms with Gasteiger partial charge in [-0.2, -0.15) is 5.10 Å². The van der Waals surface area contributed by atoms with Gasteiger partial charge in [-0.3, -0.25) is 5.10 Å². The van der Waals surface area contributed by atoms with Crippen molar-refractivity contribution in [3.8, 4) is 0 Å². The third-order valence-electron chi connectivity index (χ3n) is 6.12. The smallest absolute Gasteiger partial charge is 0.156 e. The minimum absolute atomic E-state index is 0.283. The van der Waals surface area contributed by atoms with Crippen molar-refractivity contribution in [2.75, 3.05) is 0 Å². The van der Waals surface area contributed by atoms with Crippen LogP contribution in [-0.2, 0) is 11.8 Å². The zero-order valence-electron chi connectivity index (χ0n) is 13.1. The van der Waals surface area contributed by atoms with E-state index in [0.29, 0.717) is 10.8 Å². The molecule has 4 aliphatic carbocycles. The normalized spacial score (nSPS) is 46.0. The highest BCUT2D eigenvalue weighted by Gasteiger charge is 2.61. The van der Waals surface area contributed by atoms with E-state index in [9.17, 15) is 0 Å². The maximum atomic E-state index is 4.89. The van der Waals surface area contributed by atoms with E-state index in [1.54, 1.807) is 0 Å². The van der Waals surface area contributed by atoms with Crippen LogP contribution in [0.4, 0.5) is 0 Å². The summed E-state index contributed by atoms with van der Waals surface area (Å²) in [4.78, 5) is 4.89. The number of aromatic nitrogens is 3. The second-order valence-electron chi connectivity index (χ2n) is 8.77. The van der Waals surface area contributed by atoms with E-state index in [2.05, 4.69) is 31.0 Å². The van der Waals surface area contributed by atoms with Crippen molar-refractivity contribution in [3.05, 3.63) is 11.6 Å². The maximum absolute atomic E-state index is 4.89. The quantitative estimate of drug-likeness (QED) is 0.904. The van der Waals surface area contributed by atoms with Crippen LogP contribution in [0.3, 0.4) is 0 Å². The third kappa shape index (κ3) is 1.78. The lowest BCUT2D eigenvalue weighted by Gasteiger charge is -2.64. The van der Waals surface area contributed by atoms with E-state index in [1.807, 2.05) is 0 Å². The summed E-state index contributed by atoms with van der Waals surface area (Å²) in [6.07, 6.45) is 10.4. The van der Waals surface area contributed by atoms with Gasteiger partial charge < -0.3 is 0 Å². The van der Waals surface area contributed by atoms with Crippen molar-refractivity contribution >= 4 is 0 Å². The minimum atomic E-state index is 0.283. The molecule has 110 valence electrons. The van der Waals surface area contributed by atoms with Gasteiger partial charge in [-0.25, -0.2) is 4.98 Å². The fraction of sp³-hybridized carbons (Fsp3) is 0.882. The topological polar surface area (TPSA) is 41.6 Å². The molecular formula is C17H27N3. The van der Waals surface area contributed by atoms with Gasteiger partial charge in [0.15, 0.2) is 5.82 Å².